The van der Waals surface area contributed by atoms with Crippen molar-refractivity contribution in [1.29, 1.82) is 0 Å². The van der Waals surface area contributed by atoms with Gasteiger partial charge in [-0.1, -0.05) is 6.07 Å². The molecule has 3 heterocycles. The number of pyridine rings is 1. The van der Waals surface area contributed by atoms with Crippen molar-refractivity contribution in [3.63, 3.8) is 0 Å². The number of non-ortho nitro benzene ring substituents is 1. The monoisotopic (exact) mass is 499 g/mol. The zero-order valence-corrected chi connectivity index (χ0v) is 20.6. The van der Waals surface area contributed by atoms with E-state index in [0.717, 1.165) is 28.5 Å². The number of nitrogens with one attached hydrogen (secondary N) is 1. The van der Waals surface area contributed by atoms with E-state index >= 15 is 0 Å². The normalized spacial score (nSPS) is 17.3. The molecular formula is C27H25N5O3S. The quantitative estimate of drug-likeness (QED) is 0.197. The van der Waals surface area contributed by atoms with Crippen molar-refractivity contribution in [2.75, 3.05) is 4.90 Å². The van der Waals surface area contributed by atoms with Gasteiger partial charge in [0.25, 0.3) is 5.69 Å². The highest BCUT2D eigenvalue weighted by atomic mass is 32.1. The summed E-state index contributed by atoms with van der Waals surface area (Å²) in [4.78, 5) is 17.4. The van der Waals surface area contributed by atoms with E-state index in [2.05, 4.69) is 15.2 Å². The first-order valence-corrected chi connectivity index (χ1v) is 12.0. The maximum Gasteiger partial charge on any atom is 0.269 e. The fourth-order valence-corrected chi connectivity index (χ4v) is 4.84. The Hall–Kier alpha value is -4.24. The van der Waals surface area contributed by atoms with Crippen LogP contribution in [0, 0.1) is 10.1 Å². The molecule has 4 aromatic rings. The van der Waals surface area contributed by atoms with Crippen molar-refractivity contribution in [3.8, 4) is 11.4 Å². The van der Waals surface area contributed by atoms with E-state index in [4.69, 9.17) is 17.0 Å². The third-order valence-corrected chi connectivity index (χ3v) is 6.32. The lowest BCUT2D eigenvalue weighted by Crippen LogP contribution is -2.30. The lowest BCUT2D eigenvalue weighted by atomic mass is 10.0. The highest BCUT2D eigenvalue weighted by Gasteiger charge is 2.42. The van der Waals surface area contributed by atoms with Crippen molar-refractivity contribution >= 4 is 28.7 Å². The van der Waals surface area contributed by atoms with E-state index in [0.29, 0.717) is 5.11 Å². The van der Waals surface area contributed by atoms with Crippen molar-refractivity contribution in [3.05, 3.63) is 113 Å². The molecule has 5 rings (SSSR count). The summed E-state index contributed by atoms with van der Waals surface area (Å²) in [6.07, 6.45) is 3.80. The van der Waals surface area contributed by atoms with Gasteiger partial charge in [-0.15, -0.1) is 0 Å². The van der Waals surface area contributed by atoms with Gasteiger partial charge >= 0.3 is 0 Å². The van der Waals surface area contributed by atoms with E-state index in [1.165, 1.54) is 12.1 Å². The van der Waals surface area contributed by atoms with Crippen LogP contribution in [0.3, 0.4) is 0 Å². The van der Waals surface area contributed by atoms with Crippen LogP contribution in [0.2, 0.25) is 0 Å². The van der Waals surface area contributed by atoms with Gasteiger partial charge in [-0.3, -0.25) is 15.1 Å². The Kier molecular flexibility index (Phi) is 6.39. The SMILES string of the molecule is CC(C)Oc1ccc(N2C(=S)N[C@@H](c3ccccn3)[C@H]2c2cccn2-c2ccc([N+](=O)[O-])cc2)cc1. The fraction of sp³-hybridized carbons (Fsp3) is 0.185. The van der Waals surface area contributed by atoms with E-state index in [-0.39, 0.29) is 23.9 Å². The molecule has 1 aliphatic rings. The van der Waals surface area contributed by atoms with Crippen LogP contribution in [0.25, 0.3) is 5.69 Å². The molecule has 2 aromatic carbocycles. The molecular weight excluding hydrogens is 474 g/mol. The lowest BCUT2D eigenvalue weighted by molar-refractivity contribution is -0.384. The molecule has 182 valence electrons. The molecule has 2 atom stereocenters. The van der Waals surface area contributed by atoms with E-state index in [1.807, 2.05) is 79.2 Å². The predicted molar refractivity (Wildman–Crippen MR) is 143 cm³/mol. The Balaban J connectivity index is 1.59. The van der Waals surface area contributed by atoms with Gasteiger partial charge in [0.05, 0.1) is 22.8 Å². The van der Waals surface area contributed by atoms with Crippen LogP contribution >= 0.6 is 12.2 Å². The average Bonchev–Trinajstić information content (AvgIpc) is 3.49. The van der Waals surface area contributed by atoms with Crippen LogP contribution in [-0.2, 0) is 0 Å². The van der Waals surface area contributed by atoms with Crippen LogP contribution in [0.15, 0.2) is 91.3 Å². The molecule has 36 heavy (non-hydrogen) atoms. The number of ether oxygens (including phenoxy) is 1. The molecule has 0 saturated carbocycles. The Labute approximate surface area is 214 Å². The lowest BCUT2D eigenvalue weighted by Gasteiger charge is -2.29. The Morgan fingerprint density at radius 1 is 1.00 bits per heavy atom. The van der Waals surface area contributed by atoms with Crippen molar-refractivity contribution in [2.45, 2.75) is 32.0 Å². The largest absolute Gasteiger partial charge is 0.491 e. The summed E-state index contributed by atoms with van der Waals surface area (Å²) in [6.45, 7) is 3.99. The summed E-state index contributed by atoms with van der Waals surface area (Å²) >= 11 is 5.83. The van der Waals surface area contributed by atoms with Gasteiger partial charge < -0.3 is 19.5 Å². The Morgan fingerprint density at radius 3 is 2.36 bits per heavy atom. The third-order valence-electron chi connectivity index (χ3n) is 6.01. The first-order chi connectivity index (χ1) is 17.4. The van der Waals surface area contributed by atoms with Crippen LogP contribution in [0.5, 0.6) is 5.75 Å². The molecule has 0 spiro atoms. The van der Waals surface area contributed by atoms with Crippen LogP contribution < -0.4 is 15.0 Å². The van der Waals surface area contributed by atoms with E-state index in [1.54, 1.807) is 18.3 Å². The number of nitrogens with zero attached hydrogens (tertiary/aromatic N) is 4. The minimum Gasteiger partial charge on any atom is -0.491 e. The highest BCUT2D eigenvalue weighted by Crippen LogP contribution is 2.42. The minimum absolute atomic E-state index is 0.0489. The zero-order chi connectivity index (χ0) is 25.2. The molecule has 1 aliphatic heterocycles. The minimum atomic E-state index is -0.398. The fourth-order valence-electron chi connectivity index (χ4n) is 4.50. The van der Waals surface area contributed by atoms with Crippen LogP contribution in [0.4, 0.5) is 11.4 Å². The smallest absolute Gasteiger partial charge is 0.269 e. The van der Waals surface area contributed by atoms with Crippen LogP contribution in [-0.4, -0.2) is 25.7 Å². The maximum absolute atomic E-state index is 11.1. The molecule has 2 aromatic heterocycles. The number of aromatic nitrogens is 2. The molecule has 0 radical (unpaired) electrons. The van der Waals surface area contributed by atoms with Gasteiger partial charge in [-0.2, -0.15) is 0 Å². The summed E-state index contributed by atoms with van der Waals surface area (Å²) in [6, 6.07) is 23.8. The van der Waals surface area contributed by atoms with Gasteiger partial charge in [0.1, 0.15) is 11.8 Å². The van der Waals surface area contributed by atoms with Crippen molar-refractivity contribution in [2.24, 2.45) is 0 Å². The summed E-state index contributed by atoms with van der Waals surface area (Å²) in [5, 5.41) is 15.2. The molecule has 0 unspecified atom stereocenters. The molecule has 1 saturated heterocycles. The summed E-state index contributed by atoms with van der Waals surface area (Å²) in [7, 11) is 0. The van der Waals surface area contributed by atoms with E-state index in [9.17, 15) is 10.1 Å². The van der Waals surface area contributed by atoms with Crippen molar-refractivity contribution in [1.82, 2.24) is 14.9 Å². The molecule has 8 nitrogen and oxygen atoms in total. The second-order valence-corrected chi connectivity index (χ2v) is 9.12. The van der Waals surface area contributed by atoms with Gasteiger partial charge in [0.15, 0.2) is 5.11 Å². The molecule has 0 amide bonds. The Morgan fingerprint density at radius 2 is 1.72 bits per heavy atom. The average molecular weight is 500 g/mol. The number of hydrogen-bond acceptors (Lipinski definition) is 5. The number of thiocarbonyl (C=S) groups is 1. The predicted octanol–water partition coefficient (Wildman–Crippen LogP) is 5.74. The standard InChI is InChI=1S/C27H25N5O3S/c1-18(2)35-22-14-12-20(13-15-22)31-26(25(29-27(31)36)23-6-3-4-16-28-23)24-7-5-17-30(24)19-8-10-21(11-9-19)32(33)34/h3-18,25-26H,1-2H3,(H,29,36)/t25-,26+/m0/s1. The molecule has 0 bridgehead atoms. The number of benzene rings is 2. The second-order valence-electron chi connectivity index (χ2n) is 8.73. The number of nitro benzene ring substituents is 1. The molecule has 1 N–H and O–H groups in total. The van der Waals surface area contributed by atoms with E-state index < -0.39 is 4.92 Å². The molecule has 1 fully saturated rings. The van der Waals surface area contributed by atoms with Crippen LogP contribution in [0.1, 0.15) is 37.3 Å². The zero-order valence-electron chi connectivity index (χ0n) is 19.8. The Bertz CT molecular complexity index is 1370. The summed E-state index contributed by atoms with van der Waals surface area (Å²) in [5.41, 5.74) is 3.62. The third kappa shape index (κ3) is 4.52. The first-order valence-electron chi connectivity index (χ1n) is 11.6. The maximum atomic E-state index is 11.1. The summed E-state index contributed by atoms with van der Waals surface area (Å²) < 4.78 is 7.85. The summed E-state index contributed by atoms with van der Waals surface area (Å²) in [5.74, 6) is 0.791. The second kappa shape index (κ2) is 9.79. The highest BCUT2D eigenvalue weighted by molar-refractivity contribution is 7.80. The topological polar surface area (TPSA) is 85.5 Å². The van der Waals surface area contributed by atoms with Gasteiger partial charge in [0.2, 0.25) is 0 Å². The number of anilines is 1. The molecule has 9 heteroatoms. The molecule has 0 aliphatic carbocycles. The van der Waals surface area contributed by atoms with Gasteiger partial charge in [0, 0.05) is 41.6 Å². The van der Waals surface area contributed by atoms with Crippen molar-refractivity contribution < 1.29 is 9.66 Å². The first kappa shape index (κ1) is 23.5. The number of nitro groups is 1. The van der Waals surface area contributed by atoms with Gasteiger partial charge in [-0.05, 0) is 86.7 Å². The number of hydrogen-bond donors (Lipinski definition) is 1. The number of rotatable bonds is 7. The van der Waals surface area contributed by atoms with Gasteiger partial charge in [-0.25, -0.2) is 0 Å².